The average molecular weight is 234 g/mol. The fraction of sp³-hybridized carbons (Fsp3) is 0.375. The van der Waals surface area contributed by atoms with Gasteiger partial charge in [0, 0.05) is 19.8 Å². The van der Waals surface area contributed by atoms with E-state index in [0.717, 1.165) is 7.05 Å². The Morgan fingerprint density at radius 3 is 2.73 bits per heavy atom. The summed E-state index contributed by atoms with van der Waals surface area (Å²) in [6.45, 7) is -0.0803. The molecule has 1 aromatic rings. The van der Waals surface area contributed by atoms with Crippen molar-refractivity contribution in [3.05, 3.63) is 24.0 Å². The van der Waals surface area contributed by atoms with E-state index < -0.39 is 10.4 Å². The zero-order chi connectivity index (χ0) is 11.5. The van der Waals surface area contributed by atoms with Crippen LogP contribution < -0.4 is 4.74 Å². The molecule has 0 radical (unpaired) electrons. The van der Waals surface area contributed by atoms with E-state index in [1.165, 1.54) is 19.5 Å². The summed E-state index contributed by atoms with van der Waals surface area (Å²) in [5, 5.41) is 0. The number of hydrogen-bond donors (Lipinski definition) is 0. The number of rotatable bonds is 4. The molecule has 0 aliphatic rings. The largest absolute Gasteiger partial charge is 0.495 e. The smallest absolute Gasteiger partial charge is 0.374 e. The minimum absolute atomic E-state index is 0.0803. The van der Waals surface area contributed by atoms with Gasteiger partial charge in [0.15, 0.2) is 0 Å². The van der Waals surface area contributed by atoms with Crippen molar-refractivity contribution in [2.75, 3.05) is 14.2 Å². The summed E-state index contributed by atoms with van der Waals surface area (Å²) in [5.41, 5.74) is 0.554. The van der Waals surface area contributed by atoms with Crippen LogP contribution in [0.1, 0.15) is 5.56 Å². The topological polar surface area (TPSA) is 59.5 Å². The molecule has 15 heavy (non-hydrogen) atoms. The van der Waals surface area contributed by atoms with Crippen LogP contribution in [0.5, 0.6) is 5.75 Å². The molecule has 1 rings (SSSR count). The van der Waals surface area contributed by atoms with Crippen molar-refractivity contribution in [2.45, 2.75) is 6.54 Å². The fourth-order valence-corrected chi connectivity index (χ4v) is 1.30. The molecule has 0 saturated carbocycles. The van der Waals surface area contributed by atoms with E-state index in [2.05, 4.69) is 4.98 Å². The van der Waals surface area contributed by atoms with Crippen LogP contribution in [0.4, 0.5) is 3.89 Å². The summed E-state index contributed by atoms with van der Waals surface area (Å²) in [5.74, 6) is 0.497. The van der Waals surface area contributed by atoms with Crippen molar-refractivity contribution < 1.29 is 17.0 Å². The SMILES string of the molecule is COc1cncc(CN(C)S(=O)(=O)F)c1. The van der Waals surface area contributed by atoms with Gasteiger partial charge in [0.25, 0.3) is 0 Å². The zero-order valence-electron chi connectivity index (χ0n) is 8.34. The van der Waals surface area contributed by atoms with Crippen molar-refractivity contribution in [1.29, 1.82) is 0 Å². The molecule has 1 aromatic heterocycles. The van der Waals surface area contributed by atoms with Crippen LogP contribution in [0, 0.1) is 0 Å². The van der Waals surface area contributed by atoms with Crippen molar-refractivity contribution in [3.63, 3.8) is 0 Å². The highest BCUT2D eigenvalue weighted by molar-refractivity contribution is 7.83. The first kappa shape index (κ1) is 11.9. The van der Waals surface area contributed by atoms with Gasteiger partial charge in [0.05, 0.1) is 13.3 Å². The van der Waals surface area contributed by atoms with Gasteiger partial charge in [-0.15, -0.1) is 0 Å². The number of ether oxygens (including phenoxy) is 1. The molecule has 1 heterocycles. The molecular formula is C8H11FN2O3S. The van der Waals surface area contributed by atoms with E-state index in [9.17, 15) is 12.3 Å². The number of nitrogens with zero attached hydrogens (tertiary/aromatic N) is 2. The fourth-order valence-electron chi connectivity index (χ4n) is 0.996. The van der Waals surface area contributed by atoms with E-state index in [4.69, 9.17) is 4.74 Å². The van der Waals surface area contributed by atoms with E-state index in [1.807, 2.05) is 0 Å². The Morgan fingerprint density at radius 1 is 1.53 bits per heavy atom. The predicted octanol–water partition coefficient (Wildman–Crippen LogP) is 0.736. The van der Waals surface area contributed by atoms with E-state index in [0.29, 0.717) is 15.6 Å². The Labute approximate surface area is 87.8 Å². The number of hydrogen-bond acceptors (Lipinski definition) is 4. The van der Waals surface area contributed by atoms with Gasteiger partial charge in [-0.2, -0.15) is 12.7 Å². The molecule has 0 saturated heterocycles. The lowest BCUT2D eigenvalue weighted by molar-refractivity contribution is 0.407. The maximum Gasteiger partial charge on any atom is 0.374 e. The molecule has 0 fully saturated rings. The van der Waals surface area contributed by atoms with Crippen molar-refractivity contribution in [3.8, 4) is 5.75 Å². The van der Waals surface area contributed by atoms with Crippen LogP contribution in [0.15, 0.2) is 18.5 Å². The number of methoxy groups -OCH3 is 1. The predicted molar refractivity (Wildman–Crippen MR) is 52.3 cm³/mol. The van der Waals surface area contributed by atoms with Gasteiger partial charge in [-0.05, 0) is 11.6 Å². The van der Waals surface area contributed by atoms with Crippen LogP contribution >= 0.6 is 0 Å². The van der Waals surface area contributed by atoms with E-state index in [-0.39, 0.29) is 6.54 Å². The highest BCUT2D eigenvalue weighted by Gasteiger charge is 2.15. The van der Waals surface area contributed by atoms with Gasteiger partial charge in [-0.25, -0.2) is 0 Å². The van der Waals surface area contributed by atoms with Crippen molar-refractivity contribution in [2.24, 2.45) is 0 Å². The Bertz CT molecular complexity index is 435. The molecule has 0 aliphatic carbocycles. The molecule has 0 bridgehead atoms. The summed E-state index contributed by atoms with van der Waals surface area (Å²) in [4.78, 5) is 3.82. The molecule has 0 N–H and O–H groups in total. The van der Waals surface area contributed by atoms with E-state index >= 15 is 0 Å². The van der Waals surface area contributed by atoms with Crippen LogP contribution in [-0.2, 0) is 17.0 Å². The molecule has 0 aliphatic heterocycles. The van der Waals surface area contributed by atoms with Crippen molar-refractivity contribution in [1.82, 2.24) is 9.29 Å². The van der Waals surface area contributed by atoms with Crippen LogP contribution in [0.3, 0.4) is 0 Å². The molecular weight excluding hydrogens is 223 g/mol. The van der Waals surface area contributed by atoms with Gasteiger partial charge in [0.2, 0.25) is 0 Å². The highest BCUT2D eigenvalue weighted by atomic mass is 32.3. The minimum Gasteiger partial charge on any atom is -0.495 e. The van der Waals surface area contributed by atoms with Crippen molar-refractivity contribution >= 4 is 10.4 Å². The lowest BCUT2D eigenvalue weighted by Gasteiger charge is -2.11. The van der Waals surface area contributed by atoms with Crippen LogP contribution in [0.2, 0.25) is 0 Å². The molecule has 5 nitrogen and oxygen atoms in total. The lowest BCUT2D eigenvalue weighted by atomic mass is 10.3. The summed E-state index contributed by atoms with van der Waals surface area (Å²) >= 11 is 0. The second kappa shape index (κ2) is 4.54. The molecule has 0 spiro atoms. The van der Waals surface area contributed by atoms with Gasteiger partial charge < -0.3 is 4.74 Å². The number of aromatic nitrogens is 1. The molecule has 0 unspecified atom stereocenters. The molecule has 84 valence electrons. The van der Waals surface area contributed by atoms with Gasteiger partial charge >= 0.3 is 10.4 Å². The lowest BCUT2D eigenvalue weighted by Crippen LogP contribution is -2.22. The molecule has 0 amide bonds. The highest BCUT2D eigenvalue weighted by Crippen LogP contribution is 2.13. The summed E-state index contributed by atoms with van der Waals surface area (Å²) in [7, 11) is -2.04. The minimum atomic E-state index is -4.66. The molecule has 0 aromatic carbocycles. The Kier molecular flexibility index (Phi) is 3.59. The third-order valence-electron chi connectivity index (χ3n) is 1.78. The standard InChI is InChI=1S/C8H11FN2O3S/c1-11(15(9,12)13)6-7-3-8(14-2)5-10-4-7/h3-5H,6H2,1-2H3. The first-order chi connectivity index (χ1) is 6.93. The maximum atomic E-state index is 12.5. The van der Waals surface area contributed by atoms with Gasteiger partial charge in [-0.3, -0.25) is 4.98 Å². The average Bonchev–Trinajstić information content (AvgIpc) is 2.16. The third-order valence-corrected chi connectivity index (χ3v) is 2.66. The van der Waals surface area contributed by atoms with Gasteiger partial charge in [0.1, 0.15) is 5.75 Å². The monoisotopic (exact) mass is 234 g/mol. The molecule has 7 heteroatoms. The summed E-state index contributed by atoms with van der Waals surface area (Å²) < 4.78 is 39.0. The first-order valence-electron chi connectivity index (χ1n) is 4.07. The number of halogens is 1. The summed E-state index contributed by atoms with van der Waals surface area (Å²) in [6, 6.07) is 1.59. The Hall–Kier alpha value is -1.21. The molecule has 0 atom stereocenters. The van der Waals surface area contributed by atoms with Crippen LogP contribution in [-0.4, -0.2) is 31.9 Å². The first-order valence-corrected chi connectivity index (χ1v) is 5.41. The number of pyridine rings is 1. The van der Waals surface area contributed by atoms with E-state index in [1.54, 1.807) is 6.07 Å². The Morgan fingerprint density at radius 2 is 2.20 bits per heavy atom. The zero-order valence-corrected chi connectivity index (χ0v) is 9.16. The third kappa shape index (κ3) is 3.45. The second-order valence-corrected chi connectivity index (χ2v) is 4.38. The van der Waals surface area contributed by atoms with Gasteiger partial charge in [-0.1, -0.05) is 3.89 Å². The Balaban J connectivity index is 2.81. The normalized spacial score (nSPS) is 11.7. The second-order valence-electron chi connectivity index (χ2n) is 2.93. The quantitative estimate of drug-likeness (QED) is 0.721. The summed E-state index contributed by atoms with van der Waals surface area (Å²) in [6.07, 6.45) is 2.93. The maximum absolute atomic E-state index is 12.5. The van der Waals surface area contributed by atoms with Crippen LogP contribution in [0.25, 0.3) is 0 Å².